The van der Waals surface area contributed by atoms with E-state index in [0.29, 0.717) is 22.4 Å². The lowest BCUT2D eigenvalue weighted by atomic mass is 9.84. The number of hydrogen-bond donors (Lipinski definition) is 2. The second-order valence-electron chi connectivity index (χ2n) is 7.03. The third kappa shape index (κ3) is 4.45. The molecule has 0 atom stereocenters. The first-order valence-corrected chi connectivity index (χ1v) is 10.8. The highest BCUT2D eigenvalue weighted by molar-refractivity contribution is 8.00. The van der Waals surface area contributed by atoms with Crippen molar-refractivity contribution < 1.29 is 23.6 Å². The highest BCUT2D eigenvalue weighted by Crippen LogP contribution is 2.29. The van der Waals surface area contributed by atoms with Crippen LogP contribution in [-0.2, 0) is 9.59 Å². The van der Waals surface area contributed by atoms with Gasteiger partial charge in [0.1, 0.15) is 5.82 Å². The largest absolute Gasteiger partial charge is 0.325 e. The van der Waals surface area contributed by atoms with E-state index in [1.807, 2.05) is 0 Å². The van der Waals surface area contributed by atoms with Crippen molar-refractivity contribution in [3.63, 3.8) is 0 Å². The van der Waals surface area contributed by atoms with Gasteiger partial charge in [0.15, 0.2) is 11.6 Å². The number of carbonyl (C=O) groups is 4. The zero-order chi connectivity index (χ0) is 22.7. The first-order chi connectivity index (χ1) is 15.4. The average molecular weight is 448 g/mol. The minimum absolute atomic E-state index is 0.0164. The summed E-state index contributed by atoms with van der Waals surface area (Å²) in [4.78, 5) is 49.6. The summed E-state index contributed by atoms with van der Waals surface area (Å²) in [5, 5.41) is 5.12. The zero-order valence-electron chi connectivity index (χ0n) is 16.7. The molecule has 1 aliphatic carbocycles. The SMILES string of the molecule is O=C(CSCC(=O)Nc1ccccc1F)Nc1ccc2c(c1)C(=O)c1ccccc1C2=O. The van der Waals surface area contributed by atoms with E-state index < -0.39 is 11.7 Å². The van der Waals surface area contributed by atoms with E-state index in [-0.39, 0.29) is 40.2 Å². The first-order valence-electron chi connectivity index (χ1n) is 9.68. The number of benzene rings is 3. The Morgan fingerprint density at radius 3 is 1.97 bits per heavy atom. The summed E-state index contributed by atoms with van der Waals surface area (Å²) in [6.07, 6.45) is 0. The highest BCUT2D eigenvalue weighted by Gasteiger charge is 2.29. The lowest BCUT2D eigenvalue weighted by molar-refractivity contribution is -0.114. The summed E-state index contributed by atoms with van der Waals surface area (Å²) in [7, 11) is 0. The maximum absolute atomic E-state index is 13.6. The molecule has 0 radical (unpaired) electrons. The van der Waals surface area contributed by atoms with Crippen molar-refractivity contribution in [2.75, 3.05) is 22.1 Å². The normalized spacial score (nSPS) is 12.0. The number of halogens is 1. The third-order valence-corrected chi connectivity index (χ3v) is 5.76. The van der Waals surface area contributed by atoms with E-state index in [9.17, 15) is 23.6 Å². The fraction of sp³-hybridized carbons (Fsp3) is 0.0833. The van der Waals surface area contributed by atoms with Gasteiger partial charge in [0.2, 0.25) is 11.8 Å². The monoisotopic (exact) mass is 448 g/mol. The summed E-state index contributed by atoms with van der Waals surface area (Å²) >= 11 is 1.07. The molecule has 0 saturated carbocycles. The van der Waals surface area contributed by atoms with Crippen LogP contribution in [0.5, 0.6) is 0 Å². The van der Waals surface area contributed by atoms with Crippen LogP contribution < -0.4 is 10.6 Å². The summed E-state index contributed by atoms with van der Waals surface area (Å²) in [6.45, 7) is 0. The van der Waals surface area contributed by atoms with Gasteiger partial charge >= 0.3 is 0 Å². The number of para-hydroxylation sites is 1. The zero-order valence-corrected chi connectivity index (χ0v) is 17.5. The molecule has 3 aromatic rings. The minimum Gasteiger partial charge on any atom is -0.325 e. The topological polar surface area (TPSA) is 92.3 Å². The maximum Gasteiger partial charge on any atom is 0.234 e. The van der Waals surface area contributed by atoms with Gasteiger partial charge in [-0.3, -0.25) is 19.2 Å². The van der Waals surface area contributed by atoms with Crippen molar-refractivity contribution in [1.29, 1.82) is 0 Å². The Morgan fingerprint density at radius 2 is 1.28 bits per heavy atom. The summed E-state index contributed by atoms with van der Waals surface area (Å²) < 4.78 is 13.6. The predicted octanol–water partition coefficient (Wildman–Crippen LogP) is 3.91. The molecule has 2 N–H and O–H groups in total. The second-order valence-corrected chi connectivity index (χ2v) is 8.02. The maximum atomic E-state index is 13.6. The van der Waals surface area contributed by atoms with E-state index in [1.54, 1.807) is 36.4 Å². The highest BCUT2D eigenvalue weighted by atomic mass is 32.2. The Balaban J connectivity index is 1.34. The molecule has 1 aliphatic rings. The molecule has 0 unspecified atom stereocenters. The van der Waals surface area contributed by atoms with Crippen molar-refractivity contribution in [3.8, 4) is 0 Å². The molecule has 8 heteroatoms. The molecular formula is C24H17FN2O4S. The molecule has 32 heavy (non-hydrogen) atoms. The number of ketones is 2. The molecule has 0 aromatic heterocycles. The van der Waals surface area contributed by atoms with Crippen LogP contribution in [0.2, 0.25) is 0 Å². The molecule has 0 spiro atoms. The Kier molecular flexibility index (Phi) is 6.13. The van der Waals surface area contributed by atoms with Gasteiger partial charge in [-0.15, -0.1) is 11.8 Å². The molecule has 2 amide bonds. The van der Waals surface area contributed by atoms with Crippen molar-refractivity contribution in [1.82, 2.24) is 0 Å². The number of anilines is 2. The Morgan fingerprint density at radius 1 is 0.719 bits per heavy atom. The lowest BCUT2D eigenvalue weighted by Crippen LogP contribution is -2.22. The van der Waals surface area contributed by atoms with E-state index >= 15 is 0 Å². The lowest BCUT2D eigenvalue weighted by Gasteiger charge is -2.18. The van der Waals surface area contributed by atoms with E-state index in [1.165, 1.54) is 30.3 Å². The summed E-state index contributed by atoms with van der Waals surface area (Å²) in [5.41, 5.74) is 1.70. The van der Waals surface area contributed by atoms with Gasteiger partial charge in [-0.25, -0.2) is 4.39 Å². The van der Waals surface area contributed by atoms with Crippen LogP contribution in [0, 0.1) is 5.82 Å². The molecule has 0 heterocycles. The van der Waals surface area contributed by atoms with Crippen molar-refractivity contribution in [2.45, 2.75) is 0 Å². The van der Waals surface area contributed by atoms with Crippen LogP contribution in [0.4, 0.5) is 15.8 Å². The van der Waals surface area contributed by atoms with E-state index in [2.05, 4.69) is 10.6 Å². The van der Waals surface area contributed by atoms with Gasteiger partial charge in [0.05, 0.1) is 17.2 Å². The van der Waals surface area contributed by atoms with Crippen LogP contribution in [0.1, 0.15) is 31.8 Å². The molecule has 6 nitrogen and oxygen atoms in total. The van der Waals surface area contributed by atoms with Crippen LogP contribution in [-0.4, -0.2) is 34.9 Å². The van der Waals surface area contributed by atoms with Crippen LogP contribution in [0.3, 0.4) is 0 Å². The Bertz CT molecular complexity index is 1260. The standard InChI is InChI=1S/C24H17FN2O4S/c25-19-7-3-4-8-20(19)27-22(29)13-32-12-21(28)26-14-9-10-17-18(11-14)24(31)16-6-2-1-5-15(16)23(17)30/h1-11H,12-13H2,(H,26,28)(H,27,29). The number of carbonyl (C=O) groups excluding carboxylic acids is 4. The predicted molar refractivity (Wildman–Crippen MR) is 121 cm³/mol. The molecule has 0 fully saturated rings. The summed E-state index contributed by atoms with van der Waals surface area (Å²) in [6, 6.07) is 17.0. The molecule has 0 aliphatic heterocycles. The molecule has 3 aromatic carbocycles. The molecule has 160 valence electrons. The van der Waals surface area contributed by atoms with Gasteiger partial charge < -0.3 is 10.6 Å². The first kappa shape index (κ1) is 21.5. The fourth-order valence-electron chi connectivity index (χ4n) is 3.36. The number of rotatable bonds is 6. The van der Waals surface area contributed by atoms with Gasteiger partial charge in [0, 0.05) is 27.9 Å². The number of fused-ring (bicyclic) bond motifs is 2. The van der Waals surface area contributed by atoms with Gasteiger partial charge in [-0.2, -0.15) is 0 Å². The quantitative estimate of drug-likeness (QED) is 0.467. The van der Waals surface area contributed by atoms with Crippen LogP contribution in [0.15, 0.2) is 66.7 Å². The average Bonchev–Trinajstić information content (AvgIpc) is 2.79. The molecule has 0 saturated heterocycles. The van der Waals surface area contributed by atoms with Gasteiger partial charge in [-0.1, -0.05) is 36.4 Å². The van der Waals surface area contributed by atoms with Gasteiger partial charge in [-0.05, 0) is 30.3 Å². The van der Waals surface area contributed by atoms with E-state index in [0.717, 1.165) is 11.8 Å². The number of thioether (sulfide) groups is 1. The molecule has 0 bridgehead atoms. The van der Waals surface area contributed by atoms with E-state index in [4.69, 9.17) is 0 Å². The summed E-state index contributed by atoms with van der Waals surface area (Å²) in [5.74, 6) is -1.89. The Hall–Kier alpha value is -3.78. The second kappa shape index (κ2) is 9.15. The fourth-order valence-corrected chi connectivity index (χ4v) is 3.98. The van der Waals surface area contributed by atoms with Crippen LogP contribution in [0.25, 0.3) is 0 Å². The third-order valence-electron chi connectivity index (χ3n) is 4.82. The van der Waals surface area contributed by atoms with Crippen molar-refractivity contribution in [3.05, 3.63) is 94.8 Å². The Labute approximate surface area is 187 Å². The number of nitrogens with one attached hydrogen (secondary N) is 2. The van der Waals surface area contributed by atoms with Crippen molar-refractivity contribution >= 4 is 46.5 Å². The molecule has 4 rings (SSSR count). The van der Waals surface area contributed by atoms with Crippen molar-refractivity contribution in [2.24, 2.45) is 0 Å². The smallest absolute Gasteiger partial charge is 0.234 e. The van der Waals surface area contributed by atoms with Gasteiger partial charge in [0.25, 0.3) is 0 Å². The molecular weight excluding hydrogens is 431 g/mol. The minimum atomic E-state index is -0.536. The number of hydrogen-bond acceptors (Lipinski definition) is 5. The number of amides is 2. The van der Waals surface area contributed by atoms with Crippen LogP contribution >= 0.6 is 11.8 Å².